The summed E-state index contributed by atoms with van der Waals surface area (Å²) >= 11 is 0. The minimum atomic E-state index is -0.756. The molecular formula is C18H26N2O4. The van der Waals surface area contributed by atoms with E-state index >= 15 is 0 Å². The Hall–Kier alpha value is -1.47. The summed E-state index contributed by atoms with van der Waals surface area (Å²) in [5, 5.41) is 9.06. The van der Waals surface area contributed by atoms with Gasteiger partial charge in [0.25, 0.3) is 0 Å². The molecule has 0 aromatic heterocycles. The van der Waals surface area contributed by atoms with Gasteiger partial charge in [-0.3, -0.25) is 14.6 Å². The molecule has 0 saturated carbocycles. The van der Waals surface area contributed by atoms with Gasteiger partial charge in [-0.05, 0) is 5.56 Å². The average molecular weight is 334 g/mol. The monoisotopic (exact) mass is 334 g/mol. The van der Waals surface area contributed by atoms with Crippen LogP contribution in [0.4, 0.5) is 0 Å². The normalized spacial score (nSPS) is 25.3. The van der Waals surface area contributed by atoms with E-state index in [1.54, 1.807) is 0 Å². The van der Waals surface area contributed by atoms with Crippen LogP contribution in [-0.2, 0) is 20.9 Å². The fourth-order valence-electron chi connectivity index (χ4n) is 3.57. The summed E-state index contributed by atoms with van der Waals surface area (Å²) in [5.74, 6) is -0.389. The van der Waals surface area contributed by atoms with E-state index in [0.717, 1.165) is 26.2 Å². The largest absolute Gasteiger partial charge is 0.480 e. The number of benzene rings is 1. The molecule has 2 saturated heterocycles. The van der Waals surface area contributed by atoms with Crippen molar-refractivity contribution in [3.63, 3.8) is 0 Å². The smallest absolute Gasteiger partial charge is 0.317 e. The van der Waals surface area contributed by atoms with E-state index in [1.807, 2.05) is 23.1 Å². The molecule has 24 heavy (non-hydrogen) atoms. The second-order valence-electron chi connectivity index (χ2n) is 6.68. The lowest BCUT2D eigenvalue weighted by Gasteiger charge is -2.30. The number of carbonyl (C=O) groups is 1. The molecule has 3 rings (SSSR count). The van der Waals surface area contributed by atoms with E-state index < -0.39 is 5.97 Å². The highest BCUT2D eigenvalue weighted by atomic mass is 16.5. The van der Waals surface area contributed by atoms with Gasteiger partial charge < -0.3 is 14.6 Å². The van der Waals surface area contributed by atoms with Gasteiger partial charge in [-0.2, -0.15) is 0 Å². The Morgan fingerprint density at radius 2 is 2.04 bits per heavy atom. The summed E-state index contributed by atoms with van der Waals surface area (Å²) in [5.41, 5.74) is 1.18. The first kappa shape index (κ1) is 17.4. The van der Waals surface area contributed by atoms with Gasteiger partial charge in [-0.1, -0.05) is 30.3 Å². The minimum absolute atomic E-state index is 0.116. The standard InChI is InChI=1S/C18H26N2O4/c21-18(22)11-19-8-16-9-20(17(10-19)14-24-13-16)6-7-23-12-15-4-2-1-3-5-15/h1-5,16-17H,6-14H2,(H,21,22)/t16-,17-/m0/s1. The van der Waals surface area contributed by atoms with Crippen molar-refractivity contribution in [1.82, 2.24) is 9.80 Å². The van der Waals surface area contributed by atoms with Crippen LogP contribution in [0.2, 0.25) is 0 Å². The molecule has 6 heteroatoms. The summed E-state index contributed by atoms with van der Waals surface area (Å²) in [7, 11) is 0. The molecule has 0 aliphatic carbocycles. The summed E-state index contributed by atoms with van der Waals surface area (Å²) < 4.78 is 11.6. The Morgan fingerprint density at radius 1 is 1.21 bits per heavy atom. The SMILES string of the molecule is O=C(O)CN1C[C@@H]2COC[C@H](C1)N(CCOCc1ccccc1)C2. The van der Waals surface area contributed by atoms with Crippen LogP contribution in [0.3, 0.4) is 0 Å². The number of aliphatic carboxylic acids is 1. The molecule has 2 aliphatic rings. The summed E-state index contributed by atoms with van der Waals surface area (Å²) in [6.45, 7) is 6.17. The average Bonchev–Trinajstić information content (AvgIpc) is 2.82. The number of carboxylic acid groups (broad SMARTS) is 1. The third-order valence-corrected chi connectivity index (χ3v) is 4.65. The zero-order valence-corrected chi connectivity index (χ0v) is 14.0. The molecule has 2 atom stereocenters. The molecule has 1 aromatic rings. The lowest BCUT2D eigenvalue weighted by molar-refractivity contribution is -0.138. The van der Waals surface area contributed by atoms with Crippen LogP contribution in [0.1, 0.15) is 5.56 Å². The van der Waals surface area contributed by atoms with E-state index in [9.17, 15) is 4.79 Å². The van der Waals surface area contributed by atoms with Crippen molar-refractivity contribution < 1.29 is 19.4 Å². The van der Waals surface area contributed by atoms with Crippen LogP contribution < -0.4 is 0 Å². The van der Waals surface area contributed by atoms with Crippen LogP contribution >= 0.6 is 0 Å². The molecule has 2 heterocycles. The predicted molar refractivity (Wildman–Crippen MR) is 89.8 cm³/mol. The molecule has 2 fully saturated rings. The quantitative estimate of drug-likeness (QED) is 0.748. The number of carboxylic acids is 1. The number of ether oxygens (including phenoxy) is 2. The number of fused-ring (bicyclic) bond motifs is 3. The molecule has 1 N–H and O–H groups in total. The number of hydrogen-bond donors (Lipinski definition) is 1. The maximum atomic E-state index is 11.0. The first-order chi connectivity index (χ1) is 11.7. The van der Waals surface area contributed by atoms with Crippen LogP contribution in [-0.4, -0.2) is 79.5 Å². The van der Waals surface area contributed by atoms with Crippen molar-refractivity contribution in [3.8, 4) is 0 Å². The summed E-state index contributed by atoms with van der Waals surface area (Å²) in [6.07, 6.45) is 0. The summed E-state index contributed by atoms with van der Waals surface area (Å²) in [4.78, 5) is 15.5. The Kier molecular flexibility index (Phi) is 6.20. The third-order valence-electron chi connectivity index (χ3n) is 4.65. The van der Waals surface area contributed by atoms with Gasteiger partial charge in [0.05, 0.1) is 33.0 Å². The van der Waals surface area contributed by atoms with Crippen molar-refractivity contribution in [3.05, 3.63) is 35.9 Å². The molecule has 0 spiro atoms. The van der Waals surface area contributed by atoms with Gasteiger partial charge in [-0.15, -0.1) is 0 Å². The lowest BCUT2D eigenvalue weighted by Crippen LogP contribution is -2.46. The van der Waals surface area contributed by atoms with Gasteiger partial charge in [0.15, 0.2) is 0 Å². The van der Waals surface area contributed by atoms with Crippen LogP contribution in [0, 0.1) is 5.92 Å². The fraction of sp³-hybridized carbons (Fsp3) is 0.611. The Balaban J connectivity index is 1.49. The first-order valence-corrected chi connectivity index (χ1v) is 8.58. The second-order valence-corrected chi connectivity index (χ2v) is 6.68. The highest BCUT2D eigenvalue weighted by Gasteiger charge is 2.33. The second kappa shape index (κ2) is 8.58. The number of rotatable bonds is 7. The molecule has 1 aromatic carbocycles. The van der Waals surface area contributed by atoms with E-state index in [4.69, 9.17) is 14.6 Å². The van der Waals surface area contributed by atoms with E-state index in [-0.39, 0.29) is 12.6 Å². The van der Waals surface area contributed by atoms with Crippen molar-refractivity contribution in [2.75, 3.05) is 52.5 Å². The van der Waals surface area contributed by atoms with Crippen molar-refractivity contribution in [1.29, 1.82) is 0 Å². The molecule has 2 aliphatic heterocycles. The molecule has 132 valence electrons. The maximum Gasteiger partial charge on any atom is 0.317 e. The van der Waals surface area contributed by atoms with E-state index in [0.29, 0.717) is 32.3 Å². The topological polar surface area (TPSA) is 62.2 Å². The number of hydrogen-bond acceptors (Lipinski definition) is 5. The van der Waals surface area contributed by atoms with Gasteiger partial charge in [0.1, 0.15) is 0 Å². The first-order valence-electron chi connectivity index (χ1n) is 8.58. The lowest BCUT2D eigenvalue weighted by atomic mass is 10.1. The maximum absolute atomic E-state index is 11.0. The Labute approximate surface area is 143 Å². The van der Waals surface area contributed by atoms with Crippen molar-refractivity contribution in [2.45, 2.75) is 12.6 Å². The summed E-state index contributed by atoms with van der Waals surface area (Å²) in [6, 6.07) is 10.4. The molecule has 0 unspecified atom stereocenters. The van der Waals surface area contributed by atoms with Crippen LogP contribution in [0.15, 0.2) is 30.3 Å². The Morgan fingerprint density at radius 3 is 2.83 bits per heavy atom. The molecule has 0 radical (unpaired) electrons. The third kappa shape index (κ3) is 5.01. The van der Waals surface area contributed by atoms with E-state index in [1.165, 1.54) is 5.56 Å². The van der Waals surface area contributed by atoms with E-state index in [2.05, 4.69) is 17.0 Å². The van der Waals surface area contributed by atoms with Gasteiger partial charge in [0, 0.05) is 38.1 Å². The fourth-order valence-corrected chi connectivity index (χ4v) is 3.57. The molecule has 2 bridgehead atoms. The predicted octanol–water partition coefficient (Wildman–Crippen LogP) is 0.920. The van der Waals surface area contributed by atoms with Crippen LogP contribution in [0.25, 0.3) is 0 Å². The molecule has 0 amide bonds. The van der Waals surface area contributed by atoms with Crippen molar-refractivity contribution >= 4 is 5.97 Å². The van der Waals surface area contributed by atoms with Gasteiger partial charge >= 0.3 is 5.97 Å². The van der Waals surface area contributed by atoms with Crippen LogP contribution in [0.5, 0.6) is 0 Å². The van der Waals surface area contributed by atoms with Gasteiger partial charge in [-0.25, -0.2) is 0 Å². The highest BCUT2D eigenvalue weighted by molar-refractivity contribution is 5.69. The minimum Gasteiger partial charge on any atom is -0.480 e. The Bertz CT molecular complexity index is 525. The zero-order valence-electron chi connectivity index (χ0n) is 14.0. The zero-order chi connectivity index (χ0) is 16.8. The number of nitrogens with zero attached hydrogens (tertiary/aromatic N) is 2. The van der Waals surface area contributed by atoms with Crippen molar-refractivity contribution in [2.24, 2.45) is 5.92 Å². The van der Waals surface area contributed by atoms with Gasteiger partial charge in [0.2, 0.25) is 0 Å². The molecule has 6 nitrogen and oxygen atoms in total. The highest BCUT2D eigenvalue weighted by Crippen LogP contribution is 2.19. The molecular weight excluding hydrogens is 308 g/mol.